The van der Waals surface area contributed by atoms with E-state index in [2.05, 4.69) is 72.8 Å². The average Bonchev–Trinajstić information content (AvgIpc) is 3.25. The third kappa shape index (κ3) is 11.1. The molecule has 0 unspecified atom stereocenters. The van der Waals surface area contributed by atoms with Crippen LogP contribution in [0, 0.1) is 0 Å². The van der Waals surface area contributed by atoms with Crippen LogP contribution in [0.2, 0.25) is 0 Å². The van der Waals surface area contributed by atoms with E-state index < -0.39 is 0 Å². The third-order valence-corrected chi connectivity index (χ3v) is 8.94. The second-order valence-electron chi connectivity index (χ2n) is 13.1. The van der Waals surface area contributed by atoms with Crippen molar-refractivity contribution in [3.8, 4) is 28.7 Å². The van der Waals surface area contributed by atoms with Gasteiger partial charge in [-0.3, -0.25) is 0 Å². The monoisotopic (exact) mass is 724 g/mol. The van der Waals surface area contributed by atoms with Gasteiger partial charge in [-0.1, -0.05) is 170 Å². The topological polar surface area (TPSA) is 46.2 Å². The fourth-order valence-corrected chi connectivity index (χ4v) is 5.99. The zero-order chi connectivity index (χ0) is 37.3. The zero-order valence-corrected chi connectivity index (χ0v) is 30.8. The summed E-state index contributed by atoms with van der Waals surface area (Å²) in [7, 11) is 0. The number of rotatable bonds is 18. The molecule has 0 aliphatic rings. The van der Waals surface area contributed by atoms with Gasteiger partial charge in [0.25, 0.3) is 0 Å². The number of hydrogen-bond acceptors (Lipinski definition) is 5. The van der Waals surface area contributed by atoms with Crippen molar-refractivity contribution in [1.82, 2.24) is 0 Å². The lowest BCUT2D eigenvalue weighted by Gasteiger charge is -2.18. The normalized spacial score (nSPS) is 10.9. The quantitative estimate of drug-likeness (QED) is 0.0882. The Balaban J connectivity index is 1.16. The van der Waals surface area contributed by atoms with Crippen molar-refractivity contribution >= 4 is 6.08 Å². The highest BCUT2D eigenvalue weighted by Gasteiger charge is 2.16. The van der Waals surface area contributed by atoms with Crippen LogP contribution < -0.4 is 23.7 Å². The van der Waals surface area contributed by atoms with Gasteiger partial charge in [-0.05, 0) is 51.9 Å². The summed E-state index contributed by atoms with van der Waals surface area (Å²) in [6.45, 7) is 2.11. The van der Waals surface area contributed by atoms with Crippen molar-refractivity contribution in [3.63, 3.8) is 0 Å². The molecule has 0 aliphatic carbocycles. The van der Waals surface area contributed by atoms with Gasteiger partial charge in [-0.15, -0.1) is 0 Å². The summed E-state index contributed by atoms with van der Waals surface area (Å²) in [5.74, 6) is 3.46. The molecule has 0 aliphatic heterocycles. The fraction of sp³-hybridized carbons (Fsp3) is 0.120. The van der Waals surface area contributed by atoms with Gasteiger partial charge < -0.3 is 23.7 Å². The van der Waals surface area contributed by atoms with Crippen LogP contribution in [-0.2, 0) is 39.5 Å². The summed E-state index contributed by atoms with van der Waals surface area (Å²) >= 11 is 0. The lowest BCUT2D eigenvalue weighted by molar-refractivity contribution is 0.256. The number of ether oxygens (including phenoxy) is 5. The van der Waals surface area contributed by atoms with Crippen molar-refractivity contribution in [1.29, 1.82) is 0 Å². The molecule has 274 valence electrons. The van der Waals surface area contributed by atoms with E-state index in [1.165, 1.54) is 0 Å². The van der Waals surface area contributed by atoms with Gasteiger partial charge in [0.05, 0.1) is 0 Å². The first-order valence-corrected chi connectivity index (χ1v) is 18.6. The van der Waals surface area contributed by atoms with E-state index in [1.54, 1.807) is 0 Å². The summed E-state index contributed by atoms with van der Waals surface area (Å²) in [5, 5.41) is 0. The maximum absolute atomic E-state index is 6.55. The van der Waals surface area contributed by atoms with E-state index in [4.69, 9.17) is 23.7 Å². The van der Waals surface area contributed by atoms with Crippen LogP contribution in [0.25, 0.3) is 6.08 Å². The molecule has 0 saturated heterocycles. The van der Waals surface area contributed by atoms with Crippen molar-refractivity contribution in [2.45, 2.75) is 39.5 Å². The molecule has 7 aromatic rings. The highest BCUT2D eigenvalue weighted by atomic mass is 16.5. The van der Waals surface area contributed by atoms with E-state index in [-0.39, 0.29) is 0 Å². The number of benzene rings is 7. The molecule has 0 atom stereocenters. The Bertz CT molecular complexity index is 2160. The van der Waals surface area contributed by atoms with Crippen LogP contribution in [0.1, 0.15) is 38.9 Å². The molecular weight excluding hydrogens is 681 g/mol. The molecule has 55 heavy (non-hydrogen) atoms. The van der Waals surface area contributed by atoms with Gasteiger partial charge in [0, 0.05) is 17.7 Å². The second-order valence-corrected chi connectivity index (χ2v) is 13.1. The summed E-state index contributed by atoms with van der Waals surface area (Å²) in [6.07, 6.45) is 4.78. The number of hydrogen-bond donors (Lipinski definition) is 0. The maximum atomic E-state index is 6.55. The summed E-state index contributed by atoms with van der Waals surface area (Å²) in [6, 6.07) is 60.8. The molecule has 0 spiro atoms. The van der Waals surface area contributed by atoms with Crippen LogP contribution in [0.15, 0.2) is 188 Å². The minimum absolute atomic E-state index is 0.407. The molecule has 0 aromatic heterocycles. The van der Waals surface area contributed by atoms with Gasteiger partial charge in [-0.25, -0.2) is 0 Å². The molecular formula is C50H44O5. The highest BCUT2D eigenvalue weighted by Crippen LogP contribution is 2.37. The van der Waals surface area contributed by atoms with Gasteiger partial charge >= 0.3 is 0 Å². The second kappa shape index (κ2) is 19.4. The van der Waals surface area contributed by atoms with Gasteiger partial charge in [0.2, 0.25) is 0 Å². The Morgan fingerprint density at radius 3 is 1.11 bits per heavy atom. The Labute approximate surface area is 324 Å². The zero-order valence-electron chi connectivity index (χ0n) is 30.8. The fourth-order valence-electron chi connectivity index (χ4n) is 5.99. The minimum atomic E-state index is 0.407. The molecule has 0 fully saturated rings. The Morgan fingerprint density at radius 1 is 0.327 bits per heavy atom. The Kier molecular flexibility index (Phi) is 12.9. The van der Waals surface area contributed by atoms with Crippen molar-refractivity contribution in [3.05, 3.63) is 227 Å². The van der Waals surface area contributed by atoms with Gasteiger partial charge in [0.1, 0.15) is 50.3 Å². The number of allylic oxidation sites excluding steroid dienone is 1. The summed E-state index contributed by atoms with van der Waals surface area (Å²) in [4.78, 5) is 0. The van der Waals surface area contributed by atoms with E-state index >= 15 is 0 Å². The first-order chi connectivity index (χ1) is 27.2. The van der Waals surface area contributed by atoms with Crippen LogP contribution in [0.4, 0.5) is 0 Å². The molecule has 0 radical (unpaired) electrons. The molecule has 0 saturated carbocycles. The largest absolute Gasteiger partial charge is 0.489 e. The predicted molar refractivity (Wildman–Crippen MR) is 219 cm³/mol. The smallest absolute Gasteiger partial charge is 0.162 e. The van der Waals surface area contributed by atoms with E-state index in [0.717, 1.165) is 38.9 Å². The third-order valence-electron chi connectivity index (χ3n) is 8.94. The standard InChI is InChI=1S/C50H44O5/c1-6-17-40(18-7-1)34-51-45-32-48(53-36-42-21-10-3-11-22-42)46(49(33-45)54-37-43-23-12-4-13-24-43)28-16-27-39-29-30-47(52-35-41-19-8-2-9-20-41)50(31-39)55-38-44-25-14-5-15-26-44/h1-27,29-33H,28,34-38H2/b27-16+. The van der Waals surface area contributed by atoms with Crippen molar-refractivity contribution < 1.29 is 23.7 Å². The Morgan fingerprint density at radius 2 is 0.691 bits per heavy atom. The lowest BCUT2D eigenvalue weighted by atomic mass is 10.1. The SMILES string of the molecule is C(=C\c1ccc(OCc2ccccc2)c(OCc2ccccc2)c1)/Cc1c(OCc2ccccc2)cc(OCc2ccccc2)cc1OCc1ccccc1. The lowest BCUT2D eigenvalue weighted by Crippen LogP contribution is -2.04. The van der Waals surface area contributed by atoms with Gasteiger partial charge in [0.15, 0.2) is 11.5 Å². The average molecular weight is 725 g/mol. The molecule has 5 heteroatoms. The Hall–Kier alpha value is -6.72. The first-order valence-electron chi connectivity index (χ1n) is 18.6. The molecule has 0 amide bonds. The van der Waals surface area contributed by atoms with Crippen LogP contribution >= 0.6 is 0 Å². The summed E-state index contributed by atoms with van der Waals surface area (Å²) in [5.41, 5.74) is 7.31. The first kappa shape index (κ1) is 36.6. The molecule has 7 rings (SSSR count). The molecule has 7 aromatic carbocycles. The van der Waals surface area contributed by atoms with E-state index in [9.17, 15) is 0 Å². The predicted octanol–water partition coefficient (Wildman–Crippen LogP) is 11.8. The molecule has 5 nitrogen and oxygen atoms in total. The molecule has 0 bridgehead atoms. The van der Waals surface area contributed by atoms with Crippen LogP contribution in [0.3, 0.4) is 0 Å². The summed E-state index contributed by atoms with van der Waals surface area (Å²) < 4.78 is 32.1. The molecule has 0 N–H and O–H groups in total. The van der Waals surface area contributed by atoms with E-state index in [0.29, 0.717) is 68.2 Å². The van der Waals surface area contributed by atoms with E-state index in [1.807, 2.05) is 121 Å². The minimum Gasteiger partial charge on any atom is -0.489 e. The van der Waals surface area contributed by atoms with Crippen LogP contribution in [0.5, 0.6) is 28.7 Å². The highest BCUT2D eigenvalue weighted by molar-refractivity contribution is 5.58. The van der Waals surface area contributed by atoms with Crippen LogP contribution in [-0.4, -0.2) is 0 Å². The van der Waals surface area contributed by atoms with Crippen molar-refractivity contribution in [2.24, 2.45) is 0 Å². The molecule has 0 heterocycles. The van der Waals surface area contributed by atoms with Gasteiger partial charge in [-0.2, -0.15) is 0 Å². The van der Waals surface area contributed by atoms with Crippen molar-refractivity contribution in [2.75, 3.05) is 0 Å². The maximum Gasteiger partial charge on any atom is 0.162 e.